The van der Waals surface area contributed by atoms with E-state index >= 15 is 0 Å². The van der Waals surface area contributed by atoms with E-state index in [0.29, 0.717) is 13.0 Å². The van der Waals surface area contributed by atoms with Crippen molar-refractivity contribution in [1.29, 1.82) is 0 Å². The van der Waals surface area contributed by atoms with Crippen molar-refractivity contribution in [2.45, 2.75) is 12.0 Å². The average molecular weight is 166 g/mol. The Bertz CT molecular complexity index is 225. The molecule has 0 saturated heterocycles. The van der Waals surface area contributed by atoms with Gasteiger partial charge < -0.3 is 11.1 Å². The van der Waals surface area contributed by atoms with Crippen LogP contribution >= 0.6 is 0 Å². The van der Waals surface area contributed by atoms with E-state index in [1.165, 1.54) is 0 Å². The van der Waals surface area contributed by atoms with E-state index in [-0.39, 0.29) is 11.8 Å². The Morgan fingerprint density at radius 1 is 1.75 bits per heavy atom. The smallest absolute Gasteiger partial charge is 0.240 e. The molecule has 0 aromatic carbocycles. The molecular formula is C9H14N2O. The van der Waals surface area contributed by atoms with Gasteiger partial charge in [-0.3, -0.25) is 4.79 Å². The molecule has 66 valence electrons. The number of amides is 1. The van der Waals surface area contributed by atoms with Crippen LogP contribution in [0.2, 0.25) is 0 Å². The maximum absolute atomic E-state index is 11.3. The highest BCUT2D eigenvalue weighted by Gasteiger charge is 2.55. The Kier molecular flexibility index (Phi) is 2.33. The topological polar surface area (TPSA) is 55.1 Å². The fourth-order valence-electron chi connectivity index (χ4n) is 1.19. The molecule has 1 aliphatic carbocycles. The summed E-state index contributed by atoms with van der Waals surface area (Å²) < 4.78 is 0. The van der Waals surface area contributed by atoms with Crippen molar-refractivity contribution < 1.29 is 4.79 Å². The highest BCUT2D eigenvalue weighted by molar-refractivity contribution is 5.90. The normalized spacial score (nSPS) is 32.2. The third-order valence-corrected chi connectivity index (χ3v) is 2.17. The van der Waals surface area contributed by atoms with E-state index in [9.17, 15) is 4.79 Å². The number of nitrogens with two attached hydrogens (primary N) is 1. The van der Waals surface area contributed by atoms with Crippen LogP contribution in [0.15, 0.2) is 25.3 Å². The molecule has 1 fully saturated rings. The van der Waals surface area contributed by atoms with Gasteiger partial charge in [-0.15, -0.1) is 13.2 Å². The van der Waals surface area contributed by atoms with Gasteiger partial charge in [0.25, 0.3) is 0 Å². The average Bonchev–Trinajstić information content (AvgIpc) is 2.74. The fourth-order valence-corrected chi connectivity index (χ4v) is 1.19. The molecule has 2 atom stereocenters. The van der Waals surface area contributed by atoms with Crippen molar-refractivity contribution >= 4 is 5.91 Å². The van der Waals surface area contributed by atoms with Gasteiger partial charge in [-0.1, -0.05) is 12.2 Å². The monoisotopic (exact) mass is 166 g/mol. The van der Waals surface area contributed by atoms with Gasteiger partial charge in [-0.2, -0.15) is 0 Å². The molecule has 0 heterocycles. The number of carbonyl (C=O) groups excluding carboxylic acids is 1. The van der Waals surface area contributed by atoms with Crippen LogP contribution in [0.5, 0.6) is 0 Å². The van der Waals surface area contributed by atoms with Crippen LogP contribution in [0.3, 0.4) is 0 Å². The Labute approximate surface area is 72.3 Å². The first-order chi connectivity index (χ1) is 5.65. The predicted octanol–water partition coefficient (Wildman–Crippen LogP) is 0.192. The molecule has 3 nitrogen and oxygen atoms in total. The lowest BCUT2D eigenvalue weighted by Crippen LogP contribution is -2.44. The lowest BCUT2D eigenvalue weighted by Gasteiger charge is -2.08. The quantitative estimate of drug-likeness (QED) is 0.586. The second kappa shape index (κ2) is 3.11. The first-order valence-electron chi connectivity index (χ1n) is 3.95. The largest absolute Gasteiger partial charge is 0.351 e. The Morgan fingerprint density at radius 3 is 2.83 bits per heavy atom. The summed E-state index contributed by atoms with van der Waals surface area (Å²) in [5.74, 6) is 0.0367. The van der Waals surface area contributed by atoms with Crippen molar-refractivity contribution in [1.82, 2.24) is 5.32 Å². The van der Waals surface area contributed by atoms with Crippen LogP contribution in [0.25, 0.3) is 0 Å². The first-order valence-corrected chi connectivity index (χ1v) is 3.95. The molecule has 12 heavy (non-hydrogen) atoms. The van der Waals surface area contributed by atoms with E-state index in [1.54, 1.807) is 12.2 Å². The maximum atomic E-state index is 11.3. The van der Waals surface area contributed by atoms with Crippen molar-refractivity contribution in [3.8, 4) is 0 Å². The van der Waals surface area contributed by atoms with E-state index < -0.39 is 5.54 Å². The Morgan fingerprint density at radius 2 is 2.42 bits per heavy atom. The van der Waals surface area contributed by atoms with Crippen molar-refractivity contribution in [3.63, 3.8) is 0 Å². The van der Waals surface area contributed by atoms with Gasteiger partial charge in [0, 0.05) is 12.5 Å². The zero-order valence-electron chi connectivity index (χ0n) is 7.05. The van der Waals surface area contributed by atoms with Crippen LogP contribution in [0, 0.1) is 5.92 Å². The van der Waals surface area contributed by atoms with Gasteiger partial charge in [-0.05, 0) is 6.42 Å². The van der Waals surface area contributed by atoms with E-state index in [0.717, 1.165) is 0 Å². The van der Waals surface area contributed by atoms with Crippen molar-refractivity contribution in [2.75, 3.05) is 6.54 Å². The number of carbonyl (C=O) groups is 1. The van der Waals surface area contributed by atoms with Gasteiger partial charge in [0.05, 0.1) is 0 Å². The number of hydrogen-bond acceptors (Lipinski definition) is 2. The predicted molar refractivity (Wildman–Crippen MR) is 48.4 cm³/mol. The summed E-state index contributed by atoms with van der Waals surface area (Å²) in [6.45, 7) is 7.57. The summed E-state index contributed by atoms with van der Waals surface area (Å²) in [5, 5.41) is 2.67. The molecule has 1 rings (SSSR count). The number of rotatable bonds is 4. The van der Waals surface area contributed by atoms with Crippen LogP contribution in [0.4, 0.5) is 0 Å². The molecule has 0 bridgehead atoms. The molecule has 1 amide bonds. The molecule has 3 N–H and O–H groups in total. The molecule has 1 aliphatic rings. The van der Waals surface area contributed by atoms with Gasteiger partial charge in [0.2, 0.25) is 5.91 Å². The second-order valence-corrected chi connectivity index (χ2v) is 3.09. The lowest BCUT2D eigenvalue weighted by atomic mass is 10.2. The molecule has 3 heteroatoms. The lowest BCUT2D eigenvalue weighted by molar-refractivity contribution is -0.123. The summed E-state index contributed by atoms with van der Waals surface area (Å²) in [4.78, 5) is 11.3. The fraction of sp³-hybridized carbons (Fsp3) is 0.444. The standard InChI is InChI=1S/C9H14N2O/c1-3-5-11-8(12)9(10)6-7(9)4-2/h3-4,7H,1-2,5-6,10H2,(H,11,12)/t7?,9-/m1/s1. The van der Waals surface area contributed by atoms with E-state index in [2.05, 4.69) is 18.5 Å². The minimum atomic E-state index is -0.690. The Balaban J connectivity index is 2.43. The molecular weight excluding hydrogens is 152 g/mol. The SMILES string of the molecule is C=CCNC(=O)[C@@]1(N)CC1C=C. The van der Waals surface area contributed by atoms with Gasteiger partial charge in [-0.25, -0.2) is 0 Å². The molecule has 0 aromatic heterocycles. The first kappa shape index (κ1) is 9.00. The third-order valence-electron chi connectivity index (χ3n) is 2.17. The van der Waals surface area contributed by atoms with E-state index in [1.807, 2.05) is 0 Å². The number of hydrogen-bond donors (Lipinski definition) is 2. The zero-order valence-corrected chi connectivity index (χ0v) is 7.05. The zero-order chi connectivity index (χ0) is 9.19. The minimum Gasteiger partial charge on any atom is -0.351 e. The summed E-state index contributed by atoms with van der Waals surface area (Å²) in [7, 11) is 0. The highest BCUT2D eigenvalue weighted by Crippen LogP contribution is 2.41. The minimum absolute atomic E-state index is 0.104. The maximum Gasteiger partial charge on any atom is 0.240 e. The van der Waals surface area contributed by atoms with E-state index in [4.69, 9.17) is 5.73 Å². The highest BCUT2D eigenvalue weighted by atomic mass is 16.2. The van der Waals surface area contributed by atoms with Gasteiger partial charge in [0.1, 0.15) is 5.54 Å². The molecule has 0 spiro atoms. The molecule has 1 unspecified atom stereocenters. The summed E-state index contributed by atoms with van der Waals surface area (Å²) in [6.07, 6.45) is 4.07. The summed E-state index contributed by atoms with van der Waals surface area (Å²) >= 11 is 0. The summed E-state index contributed by atoms with van der Waals surface area (Å²) in [6, 6.07) is 0. The van der Waals surface area contributed by atoms with Crippen LogP contribution in [-0.4, -0.2) is 18.0 Å². The molecule has 1 saturated carbocycles. The second-order valence-electron chi connectivity index (χ2n) is 3.09. The van der Waals surface area contributed by atoms with Crippen molar-refractivity contribution in [3.05, 3.63) is 25.3 Å². The molecule has 0 aliphatic heterocycles. The van der Waals surface area contributed by atoms with Crippen LogP contribution in [-0.2, 0) is 4.79 Å². The summed E-state index contributed by atoms with van der Waals surface area (Å²) in [5.41, 5.74) is 5.08. The number of nitrogens with one attached hydrogen (secondary N) is 1. The Hall–Kier alpha value is -1.09. The van der Waals surface area contributed by atoms with Gasteiger partial charge >= 0.3 is 0 Å². The van der Waals surface area contributed by atoms with Gasteiger partial charge in [0.15, 0.2) is 0 Å². The van der Waals surface area contributed by atoms with Crippen LogP contribution < -0.4 is 11.1 Å². The third kappa shape index (κ3) is 1.41. The molecule has 0 aromatic rings. The van der Waals surface area contributed by atoms with Crippen LogP contribution in [0.1, 0.15) is 6.42 Å². The van der Waals surface area contributed by atoms with Crippen molar-refractivity contribution in [2.24, 2.45) is 11.7 Å². The molecule has 0 radical (unpaired) electrons.